The number of fused-ring (bicyclic) bond motifs is 1. The molecule has 0 N–H and O–H groups in total. The van der Waals surface area contributed by atoms with E-state index in [0.29, 0.717) is 22.8 Å². The van der Waals surface area contributed by atoms with E-state index < -0.39 is 21.9 Å². The molecule has 1 aromatic carbocycles. The van der Waals surface area contributed by atoms with E-state index >= 15 is 0 Å². The van der Waals surface area contributed by atoms with E-state index in [1.165, 1.54) is 0 Å². The number of carbonyl (C=O) groups is 1. The van der Waals surface area contributed by atoms with Crippen LogP contribution in [0.4, 0.5) is 0 Å². The second-order valence-electron chi connectivity index (χ2n) is 10.7. The number of thioether (sulfide) groups is 1. The Balaban J connectivity index is 1.66. The van der Waals surface area contributed by atoms with E-state index in [9.17, 15) is 18.5 Å². The zero-order valence-corrected chi connectivity index (χ0v) is 24.4. The summed E-state index contributed by atoms with van der Waals surface area (Å²) in [7, 11) is -3.43. The first-order valence-electron chi connectivity index (χ1n) is 13.2. The molecule has 0 amide bonds. The van der Waals surface area contributed by atoms with Crippen LogP contribution < -0.4 is 4.74 Å². The predicted molar refractivity (Wildman–Crippen MR) is 150 cm³/mol. The van der Waals surface area contributed by atoms with Crippen molar-refractivity contribution >= 4 is 27.6 Å². The number of hydrogen-bond acceptors (Lipinski definition) is 8. The number of carbonyl (C=O) groups excluding carboxylic acids is 1. The van der Waals surface area contributed by atoms with Gasteiger partial charge in [0.2, 0.25) is 0 Å². The van der Waals surface area contributed by atoms with Gasteiger partial charge in [0.1, 0.15) is 29.6 Å². The summed E-state index contributed by atoms with van der Waals surface area (Å²) in [5.41, 5.74) is 3.69. The Hall–Kier alpha value is -2.57. The number of benzene rings is 1. The van der Waals surface area contributed by atoms with Crippen LogP contribution in [-0.2, 0) is 37.6 Å². The molecule has 0 saturated carbocycles. The maximum absolute atomic E-state index is 12.8. The van der Waals surface area contributed by atoms with Gasteiger partial charge in [0.15, 0.2) is 9.84 Å². The molecule has 1 aromatic heterocycles. The molecule has 0 fully saturated rings. The van der Waals surface area contributed by atoms with Crippen molar-refractivity contribution in [3.8, 4) is 11.8 Å². The lowest BCUT2D eigenvalue weighted by Crippen LogP contribution is -2.34. The molecule has 0 spiro atoms. The third-order valence-corrected chi connectivity index (χ3v) is 9.17. The smallest absolute Gasteiger partial charge is 0.316 e. The molecular formula is C29H38N2O5S2. The standard InChI is InChI=1S/C29H38N2O5S2/c1-5-6-15-38(33,34)20-25(18-35-24-13-11-23(12-14-24)29(2,3)4)36-27(32)19-37-28-22(17-30)16-21-9-7-8-10-26(21)31-28/h11-14,16,25H,5-10,15,18-20H2,1-4H3. The van der Waals surface area contributed by atoms with E-state index in [1.54, 1.807) is 0 Å². The Morgan fingerprint density at radius 1 is 1.18 bits per heavy atom. The van der Waals surface area contributed by atoms with Crippen molar-refractivity contribution < 1.29 is 22.7 Å². The molecule has 206 valence electrons. The van der Waals surface area contributed by atoms with Gasteiger partial charge in [-0.05, 0) is 66.8 Å². The van der Waals surface area contributed by atoms with Crippen LogP contribution in [-0.4, -0.2) is 49.3 Å². The summed E-state index contributed by atoms with van der Waals surface area (Å²) in [4.78, 5) is 17.4. The molecule has 1 aliphatic carbocycles. The summed E-state index contributed by atoms with van der Waals surface area (Å²) >= 11 is 1.15. The first kappa shape index (κ1) is 30.0. The van der Waals surface area contributed by atoms with E-state index in [-0.39, 0.29) is 29.3 Å². The number of rotatable bonds is 12. The Morgan fingerprint density at radius 3 is 2.55 bits per heavy atom. The lowest BCUT2D eigenvalue weighted by Gasteiger charge is -2.21. The topological polar surface area (TPSA) is 106 Å². The molecule has 38 heavy (non-hydrogen) atoms. The third-order valence-electron chi connectivity index (χ3n) is 6.42. The number of unbranched alkanes of at least 4 members (excludes halogenated alkanes) is 1. The highest BCUT2D eigenvalue weighted by molar-refractivity contribution is 7.99. The van der Waals surface area contributed by atoms with Crippen molar-refractivity contribution in [2.24, 2.45) is 0 Å². The van der Waals surface area contributed by atoms with Crippen LogP contribution in [0.3, 0.4) is 0 Å². The Bertz CT molecular complexity index is 1250. The normalized spacial score (nSPS) is 14.3. The average Bonchev–Trinajstić information content (AvgIpc) is 2.88. The summed E-state index contributed by atoms with van der Waals surface area (Å²) < 4.78 is 36.7. The zero-order chi connectivity index (χ0) is 27.8. The van der Waals surface area contributed by atoms with Gasteiger partial charge >= 0.3 is 5.97 Å². The quantitative estimate of drug-likeness (QED) is 0.251. The molecule has 0 radical (unpaired) electrons. The van der Waals surface area contributed by atoms with Crippen LogP contribution >= 0.6 is 11.8 Å². The van der Waals surface area contributed by atoms with Gasteiger partial charge in [-0.15, -0.1) is 0 Å². The molecular weight excluding hydrogens is 520 g/mol. The van der Waals surface area contributed by atoms with Crippen molar-refractivity contribution in [3.05, 3.63) is 52.7 Å². The minimum atomic E-state index is -3.43. The molecule has 0 aliphatic heterocycles. The second kappa shape index (κ2) is 13.5. The summed E-state index contributed by atoms with van der Waals surface area (Å²) in [6, 6.07) is 11.7. The molecule has 9 heteroatoms. The van der Waals surface area contributed by atoms with Crippen molar-refractivity contribution in [3.63, 3.8) is 0 Å². The van der Waals surface area contributed by atoms with Gasteiger partial charge in [-0.2, -0.15) is 5.26 Å². The minimum Gasteiger partial charge on any atom is -0.490 e. The number of esters is 1. The number of ether oxygens (including phenoxy) is 2. The highest BCUT2D eigenvalue weighted by atomic mass is 32.2. The summed E-state index contributed by atoms with van der Waals surface area (Å²) in [6.45, 7) is 8.22. The van der Waals surface area contributed by atoms with Crippen LogP contribution in [0.1, 0.15) is 75.8 Å². The number of nitrogens with zero attached hydrogens (tertiary/aromatic N) is 2. The van der Waals surface area contributed by atoms with Crippen molar-refractivity contribution in [2.75, 3.05) is 23.9 Å². The maximum atomic E-state index is 12.8. The molecule has 3 rings (SSSR count). The Morgan fingerprint density at radius 2 is 1.89 bits per heavy atom. The SMILES string of the molecule is CCCCS(=O)(=O)CC(COc1ccc(C(C)(C)C)cc1)OC(=O)CSc1nc2c(cc1C#N)CCCC2. The van der Waals surface area contributed by atoms with Gasteiger partial charge in [-0.25, -0.2) is 13.4 Å². The number of aromatic nitrogens is 1. The first-order chi connectivity index (χ1) is 18.0. The van der Waals surface area contributed by atoms with E-state index in [2.05, 4.69) is 31.8 Å². The van der Waals surface area contributed by atoms with E-state index in [0.717, 1.165) is 60.7 Å². The second-order valence-corrected chi connectivity index (χ2v) is 13.9. The van der Waals surface area contributed by atoms with Crippen LogP contribution in [0.5, 0.6) is 5.75 Å². The van der Waals surface area contributed by atoms with Gasteiger partial charge in [-0.3, -0.25) is 4.79 Å². The zero-order valence-electron chi connectivity index (χ0n) is 22.8. The van der Waals surface area contributed by atoms with Gasteiger partial charge in [0.05, 0.1) is 22.8 Å². The lowest BCUT2D eigenvalue weighted by molar-refractivity contribution is -0.146. The fraction of sp³-hybridized carbons (Fsp3) is 0.552. The number of hydrogen-bond donors (Lipinski definition) is 0. The average molecular weight is 559 g/mol. The van der Waals surface area contributed by atoms with Gasteiger partial charge < -0.3 is 9.47 Å². The van der Waals surface area contributed by atoms with Crippen LogP contribution in [0.15, 0.2) is 35.4 Å². The molecule has 1 unspecified atom stereocenters. The van der Waals surface area contributed by atoms with Gasteiger partial charge in [0.25, 0.3) is 0 Å². The van der Waals surface area contributed by atoms with Crippen LogP contribution in [0, 0.1) is 11.3 Å². The van der Waals surface area contributed by atoms with E-state index in [1.807, 2.05) is 37.3 Å². The molecule has 7 nitrogen and oxygen atoms in total. The maximum Gasteiger partial charge on any atom is 0.316 e. The number of aryl methyl sites for hydroxylation is 2. The summed E-state index contributed by atoms with van der Waals surface area (Å²) in [6.07, 6.45) is 4.29. The highest BCUT2D eigenvalue weighted by Crippen LogP contribution is 2.28. The molecule has 1 aliphatic rings. The lowest BCUT2D eigenvalue weighted by atomic mass is 9.87. The monoisotopic (exact) mass is 558 g/mol. The molecule has 2 aromatic rings. The molecule has 0 bridgehead atoms. The Kier molecular flexibility index (Phi) is 10.6. The number of nitriles is 1. The van der Waals surface area contributed by atoms with Crippen LogP contribution in [0.2, 0.25) is 0 Å². The first-order valence-corrected chi connectivity index (χ1v) is 16.0. The number of pyridine rings is 1. The van der Waals surface area contributed by atoms with Crippen LogP contribution in [0.25, 0.3) is 0 Å². The van der Waals surface area contributed by atoms with E-state index in [4.69, 9.17) is 9.47 Å². The highest BCUT2D eigenvalue weighted by Gasteiger charge is 2.25. The minimum absolute atomic E-state index is 0.0000599. The van der Waals surface area contributed by atoms with Crippen molar-refractivity contribution in [1.29, 1.82) is 5.26 Å². The fourth-order valence-electron chi connectivity index (χ4n) is 4.24. The van der Waals surface area contributed by atoms with Gasteiger partial charge in [-0.1, -0.05) is 58.0 Å². The largest absolute Gasteiger partial charge is 0.490 e. The van der Waals surface area contributed by atoms with Gasteiger partial charge in [0, 0.05) is 5.69 Å². The molecule has 0 saturated heterocycles. The summed E-state index contributed by atoms with van der Waals surface area (Å²) in [5, 5.41) is 10.1. The summed E-state index contributed by atoms with van der Waals surface area (Å²) in [5.74, 6) is -0.329. The third kappa shape index (κ3) is 9.02. The molecule has 1 atom stereocenters. The predicted octanol–water partition coefficient (Wildman–Crippen LogP) is 5.43. The Labute approximate surface area is 231 Å². The van der Waals surface area contributed by atoms with Crippen molar-refractivity contribution in [2.45, 2.75) is 82.8 Å². The molecule has 1 heterocycles. The number of sulfone groups is 1. The van der Waals surface area contributed by atoms with Crippen molar-refractivity contribution in [1.82, 2.24) is 4.98 Å². The fourth-order valence-corrected chi connectivity index (χ4v) is 6.62.